The summed E-state index contributed by atoms with van der Waals surface area (Å²) in [6.45, 7) is 0.231. The van der Waals surface area contributed by atoms with Gasteiger partial charge in [-0.25, -0.2) is 4.98 Å². The molecule has 2 aromatic rings. The summed E-state index contributed by atoms with van der Waals surface area (Å²) >= 11 is 7.54. The predicted octanol–water partition coefficient (Wildman–Crippen LogP) is 3.61. The number of thioether (sulfide) groups is 1. The van der Waals surface area contributed by atoms with Gasteiger partial charge in [-0.2, -0.15) is 11.8 Å². The Hall–Kier alpha value is -0.970. The first-order valence-electron chi connectivity index (χ1n) is 5.69. The second-order valence-electron chi connectivity index (χ2n) is 3.75. The molecule has 0 aliphatic heterocycles. The Morgan fingerprint density at radius 3 is 2.78 bits per heavy atom. The molecule has 96 valence electrons. The molecule has 18 heavy (non-hydrogen) atoms. The minimum Gasteiger partial charge on any atom is -0.440 e. The molecule has 0 radical (unpaired) electrons. The third kappa shape index (κ3) is 3.77. The van der Waals surface area contributed by atoms with Gasteiger partial charge in [-0.05, 0) is 36.4 Å². The predicted molar refractivity (Wildman–Crippen MR) is 74.8 cm³/mol. The Labute approximate surface area is 115 Å². The highest BCUT2D eigenvalue weighted by Crippen LogP contribution is 2.23. The van der Waals surface area contributed by atoms with E-state index < -0.39 is 0 Å². The Bertz CT molecular complexity index is 484. The molecule has 1 aromatic heterocycles. The van der Waals surface area contributed by atoms with E-state index in [2.05, 4.69) is 4.98 Å². The van der Waals surface area contributed by atoms with Gasteiger partial charge in [0.25, 0.3) is 0 Å². The molecule has 1 aromatic carbocycles. The number of benzene rings is 1. The average molecular weight is 284 g/mol. The average Bonchev–Trinajstić information content (AvgIpc) is 2.84. The quantitative estimate of drug-likeness (QED) is 0.823. The van der Waals surface area contributed by atoms with Crippen LogP contribution in [0.4, 0.5) is 0 Å². The number of rotatable bonds is 6. The van der Waals surface area contributed by atoms with Crippen molar-refractivity contribution in [1.29, 1.82) is 0 Å². The lowest BCUT2D eigenvalue weighted by Gasteiger charge is -1.97. The van der Waals surface area contributed by atoms with Crippen molar-refractivity contribution in [3.05, 3.63) is 41.4 Å². The molecule has 1 N–H and O–H groups in total. The van der Waals surface area contributed by atoms with Crippen LogP contribution in [0.1, 0.15) is 12.3 Å². The standard InChI is InChI=1S/C13H14ClNO2S/c14-11-4-2-10(3-5-11)12-8-15-13(17-12)9-18-7-1-6-16/h2-5,8,16H,1,6-7,9H2. The molecular formula is C13H14ClNO2S. The smallest absolute Gasteiger partial charge is 0.204 e. The van der Waals surface area contributed by atoms with Crippen LogP contribution in [0.3, 0.4) is 0 Å². The number of hydrogen-bond donors (Lipinski definition) is 1. The van der Waals surface area contributed by atoms with Crippen LogP contribution in [0.2, 0.25) is 5.02 Å². The third-order valence-corrected chi connectivity index (χ3v) is 3.64. The first-order valence-corrected chi connectivity index (χ1v) is 7.22. The summed E-state index contributed by atoms with van der Waals surface area (Å²) in [7, 11) is 0. The molecule has 0 amide bonds. The van der Waals surface area contributed by atoms with Gasteiger partial charge in [0.2, 0.25) is 5.89 Å². The second kappa shape index (κ2) is 6.83. The Balaban J connectivity index is 1.95. The number of aromatic nitrogens is 1. The van der Waals surface area contributed by atoms with Gasteiger partial charge in [0, 0.05) is 17.2 Å². The molecule has 3 nitrogen and oxygen atoms in total. The number of halogens is 1. The van der Waals surface area contributed by atoms with Crippen molar-refractivity contribution in [1.82, 2.24) is 4.98 Å². The van der Waals surface area contributed by atoms with Gasteiger partial charge in [0.1, 0.15) is 0 Å². The molecule has 0 bridgehead atoms. The molecule has 0 saturated heterocycles. The maximum Gasteiger partial charge on any atom is 0.204 e. The molecule has 2 rings (SSSR count). The fourth-order valence-corrected chi connectivity index (χ4v) is 2.36. The summed E-state index contributed by atoms with van der Waals surface area (Å²) in [6.07, 6.45) is 2.53. The van der Waals surface area contributed by atoms with Gasteiger partial charge in [-0.1, -0.05) is 11.6 Å². The minimum atomic E-state index is 0.231. The van der Waals surface area contributed by atoms with E-state index in [1.165, 1.54) is 0 Å². The zero-order valence-corrected chi connectivity index (χ0v) is 11.4. The van der Waals surface area contributed by atoms with E-state index in [4.69, 9.17) is 21.1 Å². The number of aliphatic hydroxyl groups excluding tert-OH is 1. The fraction of sp³-hybridized carbons (Fsp3) is 0.308. The van der Waals surface area contributed by atoms with Gasteiger partial charge in [-0.15, -0.1) is 0 Å². The van der Waals surface area contributed by atoms with Crippen LogP contribution in [0, 0.1) is 0 Å². The van der Waals surface area contributed by atoms with Gasteiger partial charge in [-0.3, -0.25) is 0 Å². The number of oxazole rings is 1. The van der Waals surface area contributed by atoms with E-state index in [1.54, 1.807) is 18.0 Å². The SMILES string of the molecule is OCCCSCc1ncc(-c2ccc(Cl)cc2)o1. The summed E-state index contributed by atoms with van der Waals surface area (Å²) in [5.74, 6) is 3.11. The van der Waals surface area contributed by atoms with Crippen LogP contribution < -0.4 is 0 Å². The van der Waals surface area contributed by atoms with Crippen LogP contribution >= 0.6 is 23.4 Å². The van der Waals surface area contributed by atoms with E-state index in [-0.39, 0.29) is 6.61 Å². The lowest BCUT2D eigenvalue weighted by molar-refractivity contribution is 0.296. The lowest BCUT2D eigenvalue weighted by atomic mass is 10.2. The van der Waals surface area contributed by atoms with Crippen molar-refractivity contribution < 1.29 is 9.52 Å². The van der Waals surface area contributed by atoms with Crippen molar-refractivity contribution in [2.45, 2.75) is 12.2 Å². The first-order chi connectivity index (χ1) is 8.79. The van der Waals surface area contributed by atoms with E-state index in [9.17, 15) is 0 Å². The van der Waals surface area contributed by atoms with Crippen LogP contribution in [-0.4, -0.2) is 22.5 Å². The van der Waals surface area contributed by atoms with E-state index in [0.29, 0.717) is 10.9 Å². The monoisotopic (exact) mass is 283 g/mol. The zero-order chi connectivity index (χ0) is 12.8. The molecule has 0 spiro atoms. The highest BCUT2D eigenvalue weighted by molar-refractivity contribution is 7.98. The summed E-state index contributed by atoms with van der Waals surface area (Å²) in [6, 6.07) is 7.47. The normalized spacial score (nSPS) is 10.8. The third-order valence-electron chi connectivity index (χ3n) is 2.35. The lowest BCUT2D eigenvalue weighted by Crippen LogP contribution is -1.87. The van der Waals surface area contributed by atoms with Crippen molar-refractivity contribution >= 4 is 23.4 Å². The van der Waals surface area contributed by atoms with Crippen LogP contribution in [0.15, 0.2) is 34.9 Å². The molecule has 1 heterocycles. The molecule has 0 unspecified atom stereocenters. The maximum atomic E-state index is 8.68. The number of aliphatic hydroxyl groups is 1. The topological polar surface area (TPSA) is 46.3 Å². The maximum absolute atomic E-state index is 8.68. The van der Waals surface area contributed by atoms with Gasteiger partial charge in [0.05, 0.1) is 11.9 Å². The van der Waals surface area contributed by atoms with Crippen molar-refractivity contribution in [3.8, 4) is 11.3 Å². The van der Waals surface area contributed by atoms with Crippen LogP contribution in [0.5, 0.6) is 0 Å². The first kappa shape index (κ1) is 13.5. The molecule has 0 aliphatic carbocycles. The largest absolute Gasteiger partial charge is 0.440 e. The number of nitrogens with zero attached hydrogens (tertiary/aromatic N) is 1. The second-order valence-corrected chi connectivity index (χ2v) is 5.30. The van der Waals surface area contributed by atoms with Crippen molar-refractivity contribution in [2.75, 3.05) is 12.4 Å². The van der Waals surface area contributed by atoms with E-state index in [1.807, 2.05) is 24.3 Å². The summed E-state index contributed by atoms with van der Waals surface area (Å²) in [4.78, 5) is 4.23. The van der Waals surface area contributed by atoms with Crippen LogP contribution in [-0.2, 0) is 5.75 Å². The Kier molecular flexibility index (Phi) is 5.11. The summed E-state index contributed by atoms with van der Waals surface area (Å²) in [5.41, 5.74) is 0.971. The molecular weight excluding hydrogens is 270 g/mol. The summed E-state index contributed by atoms with van der Waals surface area (Å²) < 4.78 is 5.65. The number of hydrogen-bond acceptors (Lipinski definition) is 4. The van der Waals surface area contributed by atoms with E-state index >= 15 is 0 Å². The van der Waals surface area contributed by atoms with Crippen molar-refractivity contribution in [3.63, 3.8) is 0 Å². The van der Waals surface area contributed by atoms with Gasteiger partial charge >= 0.3 is 0 Å². The zero-order valence-electron chi connectivity index (χ0n) is 9.80. The van der Waals surface area contributed by atoms with Crippen molar-refractivity contribution in [2.24, 2.45) is 0 Å². The molecule has 0 atom stereocenters. The van der Waals surface area contributed by atoms with Crippen LogP contribution in [0.25, 0.3) is 11.3 Å². The highest BCUT2D eigenvalue weighted by atomic mass is 35.5. The van der Waals surface area contributed by atoms with Gasteiger partial charge in [0.15, 0.2) is 5.76 Å². The molecule has 0 fully saturated rings. The molecule has 0 saturated carbocycles. The summed E-state index contributed by atoms with van der Waals surface area (Å²) in [5, 5.41) is 9.38. The molecule has 0 aliphatic rings. The van der Waals surface area contributed by atoms with Gasteiger partial charge < -0.3 is 9.52 Å². The molecule has 5 heteroatoms. The fourth-order valence-electron chi connectivity index (χ4n) is 1.45. The Morgan fingerprint density at radius 2 is 2.06 bits per heavy atom. The minimum absolute atomic E-state index is 0.231. The van der Waals surface area contributed by atoms with E-state index in [0.717, 1.165) is 29.3 Å². The highest BCUT2D eigenvalue weighted by Gasteiger charge is 2.06. The Morgan fingerprint density at radius 1 is 1.28 bits per heavy atom.